The Kier molecular flexibility index (Phi) is 3.32. The maximum absolute atomic E-state index is 11.8. The standard InChI is InChI=1S/C13H14N2O2/c1-3-7-17-13(16)11-8-10-5-4-6-14-12(10)15-9(11)2/h4-6,8H,3,7H2,1-2H3. The summed E-state index contributed by atoms with van der Waals surface area (Å²) >= 11 is 0. The average Bonchev–Trinajstić information content (AvgIpc) is 2.35. The van der Waals surface area contributed by atoms with E-state index in [9.17, 15) is 4.79 Å². The molecular weight excluding hydrogens is 216 g/mol. The van der Waals surface area contributed by atoms with Crippen molar-refractivity contribution in [2.24, 2.45) is 0 Å². The molecule has 0 aliphatic carbocycles. The number of rotatable bonds is 3. The van der Waals surface area contributed by atoms with Gasteiger partial charge in [-0.1, -0.05) is 6.92 Å². The quantitative estimate of drug-likeness (QED) is 0.760. The van der Waals surface area contributed by atoms with Gasteiger partial charge in [0.1, 0.15) is 0 Å². The van der Waals surface area contributed by atoms with E-state index in [4.69, 9.17) is 4.74 Å². The summed E-state index contributed by atoms with van der Waals surface area (Å²) in [5.74, 6) is -0.317. The van der Waals surface area contributed by atoms with Gasteiger partial charge in [-0.05, 0) is 31.5 Å². The summed E-state index contributed by atoms with van der Waals surface area (Å²) in [6, 6.07) is 5.48. The highest BCUT2D eigenvalue weighted by Crippen LogP contribution is 2.15. The molecule has 0 spiro atoms. The van der Waals surface area contributed by atoms with Crippen molar-refractivity contribution in [1.82, 2.24) is 9.97 Å². The molecule has 0 fully saturated rings. The molecule has 88 valence electrons. The lowest BCUT2D eigenvalue weighted by Gasteiger charge is -2.06. The number of hydrogen-bond acceptors (Lipinski definition) is 4. The molecule has 2 heterocycles. The number of aryl methyl sites for hydroxylation is 1. The third-order valence-corrected chi connectivity index (χ3v) is 2.44. The summed E-state index contributed by atoms with van der Waals surface area (Å²) in [5.41, 5.74) is 1.81. The van der Waals surface area contributed by atoms with Crippen LogP contribution in [0.1, 0.15) is 29.4 Å². The van der Waals surface area contributed by atoms with E-state index >= 15 is 0 Å². The summed E-state index contributed by atoms with van der Waals surface area (Å²) < 4.78 is 5.11. The second-order valence-corrected chi connectivity index (χ2v) is 3.81. The summed E-state index contributed by atoms with van der Waals surface area (Å²) in [7, 11) is 0. The van der Waals surface area contributed by atoms with Crippen LogP contribution < -0.4 is 0 Å². The van der Waals surface area contributed by atoms with Gasteiger partial charge in [-0.15, -0.1) is 0 Å². The minimum atomic E-state index is -0.317. The van der Waals surface area contributed by atoms with Crippen LogP contribution in [0.4, 0.5) is 0 Å². The maximum atomic E-state index is 11.8. The first kappa shape index (κ1) is 11.5. The second-order valence-electron chi connectivity index (χ2n) is 3.81. The lowest BCUT2D eigenvalue weighted by molar-refractivity contribution is 0.0504. The fourth-order valence-electron chi connectivity index (χ4n) is 1.57. The molecule has 0 radical (unpaired) electrons. The van der Waals surface area contributed by atoms with Crippen molar-refractivity contribution in [1.29, 1.82) is 0 Å². The Balaban J connectivity index is 2.40. The van der Waals surface area contributed by atoms with Gasteiger partial charge in [0.2, 0.25) is 0 Å². The van der Waals surface area contributed by atoms with Crippen LogP contribution in [0.3, 0.4) is 0 Å². The predicted molar refractivity (Wildman–Crippen MR) is 64.8 cm³/mol. The van der Waals surface area contributed by atoms with Crippen molar-refractivity contribution in [2.75, 3.05) is 6.61 Å². The van der Waals surface area contributed by atoms with Crippen molar-refractivity contribution in [3.05, 3.63) is 35.7 Å². The molecule has 0 saturated heterocycles. The molecule has 2 rings (SSSR count). The van der Waals surface area contributed by atoms with E-state index in [1.54, 1.807) is 19.2 Å². The zero-order chi connectivity index (χ0) is 12.3. The lowest BCUT2D eigenvalue weighted by atomic mass is 10.1. The van der Waals surface area contributed by atoms with Crippen molar-refractivity contribution in [3.8, 4) is 0 Å². The number of aromatic nitrogens is 2. The summed E-state index contributed by atoms with van der Waals surface area (Å²) in [6.45, 7) is 4.18. The molecule has 0 unspecified atom stereocenters. The molecule has 2 aromatic heterocycles. The van der Waals surface area contributed by atoms with Gasteiger partial charge in [-0.2, -0.15) is 0 Å². The fourth-order valence-corrected chi connectivity index (χ4v) is 1.57. The Morgan fingerprint density at radius 2 is 2.29 bits per heavy atom. The van der Waals surface area contributed by atoms with Gasteiger partial charge < -0.3 is 4.74 Å². The Bertz CT molecular complexity index is 552. The third kappa shape index (κ3) is 2.41. The minimum absolute atomic E-state index is 0.317. The highest BCUT2D eigenvalue weighted by atomic mass is 16.5. The van der Waals surface area contributed by atoms with E-state index in [0.717, 1.165) is 11.8 Å². The van der Waals surface area contributed by atoms with Crippen LogP contribution in [0, 0.1) is 6.92 Å². The molecule has 0 atom stereocenters. The first-order valence-corrected chi connectivity index (χ1v) is 5.62. The van der Waals surface area contributed by atoms with Gasteiger partial charge >= 0.3 is 5.97 Å². The van der Waals surface area contributed by atoms with Crippen molar-refractivity contribution in [2.45, 2.75) is 20.3 Å². The Morgan fingerprint density at radius 3 is 3.06 bits per heavy atom. The van der Waals surface area contributed by atoms with Crippen LogP contribution in [0.2, 0.25) is 0 Å². The molecule has 2 aromatic rings. The topological polar surface area (TPSA) is 52.1 Å². The lowest BCUT2D eigenvalue weighted by Crippen LogP contribution is -2.09. The third-order valence-electron chi connectivity index (χ3n) is 2.44. The number of ether oxygens (including phenoxy) is 1. The molecule has 0 saturated carbocycles. The van der Waals surface area contributed by atoms with E-state index in [1.165, 1.54) is 0 Å². The van der Waals surface area contributed by atoms with Crippen molar-refractivity contribution < 1.29 is 9.53 Å². The molecule has 0 aromatic carbocycles. The number of pyridine rings is 2. The SMILES string of the molecule is CCCOC(=O)c1cc2cccnc2nc1C. The van der Waals surface area contributed by atoms with E-state index in [2.05, 4.69) is 9.97 Å². The molecular formula is C13H14N2O2. The molecule has 4 nitrogen and oxygen atoms in total. The number of esters is 1. The first-order valence-electron chi connectivity index (χ1n) is 5.62. The Labute approximate surface area is 99.7 Å². The number of fused-ring (bicyclic) bond motifs is 1. The van der Waals surface area contributed by atoms with Crippen LogP contribution in [-0.2, 0) is 4.74 Å². The van der Waals surface area contributed by atoms with Crippen molar-refractivity contribution >= 4 is 17.0 Å². The summed E-state index contributed by atoms with van der Waals surface area (Å²) in [5, 5.41) is 0.849. The van der Waals surface area contributed by atoms with Crippen LogP contribution in [0.25, 0.3) is 11.0 Å². The zero-order valence-electron chi connectivity index (χ0n) is 9.93. The van der Waals surface area contributed by atoms with Crippen LogP contribution in [-0.4, -0.2) is 22.5 Å². The van der Waals surface area contributed by atoms with E-state index in [-0.39, 0.29) is 5.97 Å². The number of hydrogen-bond donors (Lipinski definition) is 0. The normalized spacial score (nSPS) is 10.5. The molecule has 0 aliphatic rings. The average molecular weight is 230 g/mol. The fraction of sp³-hybridized carbons (Fsp3) is 0.308. The Hall–Kier alpha value is -1.97. The monoisotopic (exact) mass is 230 g/mol. The maximum Gasteiger partial charge on any atom is 0.340 e. The summed E-state index contributed by atoms with van der Waals surface area (Å²) in [6.07, 6.45) is 2.50. The van der Waals surface area contributed by atoms with Crippen LogP contribution >= 0.6 is 0 Å². The van der Waals surface area contributed by atoms with Gasteiger partial charge in [-0.3, -0.25) is 0 Å². The predicted octanol–water partition coefficient (Wildman–Crippen LogP) is 2.51. The second kappa shape index (κ2) is 4.91. The van der Waals surface area contributed by atoms with E-state index in [1.807, 2.05) is 19.1 Å². The Morgan fingerprint density at radius 1 is 1.47 bits per heavy atom. The van der Waals surface area contributed by atoms with Crippen LogP contribution in [0.15, 0.2) is 24.4 Å². The van der Waals surface area contributed by atoms with Gasteiger partial charge in [0.15, 0.2) is 5.65 Å². The first-order chi connectivity index (χ1) is 8.22. The van der Waals surface area contributed by atoms with Crippen LogP contribution in [0.5, 0.6) is 0 Å². The van der Waals surface area contributed by atoms with Gasteiger partial charge in [0.05, 0.1) is 17.9 Å². The van der Waals surface area contributed by atoms with Gasteiger partial charge in [0.25, 0.3) is 0 Å². The number of carbonyl (C=O) groups excluding carboxylic acids is 1. The minimum Gasteiger partial charge on any atom is -0.462 e. The smallest absolute Gasteiger partial charge is 0.340 e. The van der Waals surface area contributed by atoms with E-state index < -0.39 is 0 Å². The van der Waals surface area contributed by atoms with Crippen molar-refractivity contribution in [3.63, 3.8) is 0 Å². The number of carbonyl (C=O) groups is 1. The molecule has 0 aliphatic heterocycles. The van der Waals surface area contributed by atoms with Gasteiger partial charge in [-0.25, -0.2) is 14.8 Å². The van der Waals surface area contributed by atoms with Gasteiger partial charge in [0, 0.05) is 11.6 Å². The highest BCUT2D eigenvalue weighted by molar-refractivity contribution is 5.94. The molecule has 17 heavy (non-hydrogen) atoms. The molecule has 0 N–H and O–H groups in total. The highest BCUT2D eigenvalue weighted by Gasteiger charge is 2.12. The summed E-state index contributed by atoms with van der Waals surface area (Å²) in [4.78, 5) is 20.2. The molecule has 4 heteroatoms. The largest absolute Gasteiger partial charge is 0.462 e. The van der Waals surface area contributed by atoms with E-state index in [0.29, 0.717) is 23.5 Å². The zero-order valence-corrected chi connectivity index (χ0v) is 9.93. The molecule has 0 bridgehead atoms. The number of nitrogens with zero attached hydrogens (tertiary/aromatic N) is 2. The molecule has 0 amide bonds.